The molecular formula is C8H12N2OS. The summed E-state index contributed by atoms with van der Waals surface area (Å²) in [6, 6.07) is 1.62. The molecule has 0 aromatic carbocycles. The zero-order valence-electron chi connectivity index (χ0n) is 7.04. The van der Waals surface area contributed by atoms with Crippen LogP contribution in [0.1, 0.15) is 19.8 Å². The zero-order valence-corrected chi connectivity index (χ0v) is 7.86. The van der Waals surface area contributed by atoms with Crippen LogP contribution in [-0.2, 0) is 4.79 Å². The molecule has 4 heteroatoms. The molecule has 1 aliphatic rings. The Bertz CT molecular complexity index is 206. The number of hydrogen-bond acceptors (Lipinski definition) is 3. The fourth-order valence-corrected chi connectivity index (χ4v) is 2.29. The smallest absolute Gasteiger partial charge is 0.234 e. The Morgan fingerprint density at radius 3 is 3.08 bits per heavy atom. The number of rotatable bonds is 2. The first-order valence-corrected chi connectivity index (χ1v) is 5.10. The first-order chi connectivity index (χ1) is 5.74. The van der Waals surface area contributed by atoms with Gasteiger partial charge in [-0.3, -0.25) is 4.79 Å². The van der Waals surface area contributed by atoms with Gasteiger partial charge < -0.3 is 5.32 Å². The lowest BCUT2D eigenvalue weighted by Gasteiger charge is -2.10. The van der Waals surface area contributed by atoms with Crippen LogP contribution >= 0.6 is 11.8 Å². The third-order valence-corrected chi connectivity index (χ3v) is 3.15. The van der Waals surface area contributed by atoms with Gasteiger partial charge in [0.05, 0.1) is 11.3 Å². The van der Waals surface area contributed by atoms with Crippen molar-refractivity contribution >= 4 is 17.7 Å². The van der Waals surface area contributed by atoms with Gasteiger partial charge >= 0.3 is 0 Å². The SMILES string of the molecule is C[C@H](C#N)NC(=O)C1CCCS1. The van der Waals surface area contributed by atoms with E-state index in [4.69, 9.17) is 5.26 Å². The number of hydrogen-bond donors (Lipinski definition) is 1. The molecule has 3 nitrogen and oxygen atoms in total. The van der Waals surface area contributed by atoms with Crippen LogP contribution in [0, 0.1) is 11.3 Å². The van der Waals surface area contributed by atoms with E-state index in [-0.39, 0.29) is 17.2 Å². The summed E-state index contributed by atoms with van der Waals surface area (Å²) in [5, 5.41) is 11.2. The molecule has 1 rings (SSSR count). The van der Waals surface area contributed by atoms with Crippen molar-refractivity contribution in [3.05, 3.63) is 0 Å². The largest absolute Gasteiger partial charge is 0.340 e. The third kappa shape index (κ3) is 2.42. The standard InChI is InChI=1S/C8H12N2OS/c1-6(5-9)10-8(11)7-3-2-4-12-7/h6-7H,2-4H2,1H3,(H,10,11)/t6-,7?/m1/s1. The lowest BCUT2D eigenvalue weighted by molar-refractivity contribution is -0.120. The molecule has 0 aliphatic carbocycles. The van der Waals surface area contributed by atoms with Crippen molar-refractivity contribution in [3.8, 4) is 6.07 Å². The van der Waals surface area contributed by atoms with Crippen molar-refractivity contribution in [2.24, 2.45) is 0 Å². The number of nitrogens with one attached hydrogen (secondary N) is 1. The Hall–Kier alpha value is -0.690. The minimum Gasteiger partial charge on any atom is -0.340 e. The predicted molar refractivity (Wildman–Crippen MR) is 48.7 cm³/mol. The van der Waals surface area contributed by atoms with Crippen LogP contribution in [0.3, 0.4) is 0 Å². The fraction of sp³-hybridized carbons (Fsp3) is 0.750. The number of carbonyl (C=O) groups excluding carboxylic acids is 1. The van der Waals surface area contributed by atoms with Crippen LogP contribution in [0.4, 0.5) is 0 Å². The molecule has 0 bridgehead atoms. The van der Waals surface area contributed by atoms with Crippen LogP contribution in [0.25, 0.3) is 0 Å². The van der Waals surface area contributed by atoms with Gasteiger partial charge in [-0.05, 0) is 25.5 Å². The van der Waals surface area contributed by atoms with Crippen molar-refractivity contribution in [1.29, 1.82) is 5.26 Å². The Morgan fingerprint density at radius 2 is 2.58 bits per heavy atom. The summed E-state index contributed by atoms with van der Waals surface area (Å²) in [5.74, 6) is 1.09. The van der Waals surface area contributed by atoms with E-state index in [1.165, 1.54) is 0 Å². The second kappa shape index (κ2) is 4.36. The average Bonchev–Trinajstić information content (AvgIpc) is 2.56. The van der Waals surface area contributed by atoms with Crippen molar-refractivity contribution in [1.82, 2.24) is 5.32 Å². The van der Waals surface area contributed by atoms with Gasteiger partial charge in [0.1, 0.15) is 6.04 Å². The van der Waals surface area contributed by atoms with Gasteiger partial charge in [0, 0.05) is 0 Å². The quantitative estimate of drug-likeness (QED) is 0.694. The summed E-state index contributed by atoms with van der Waals surface area (Å²) in [7, 11) is 0. The number of thioether (sulfide) groups is 1. The Balaban J connectivity index is 2.33. The highest BCUT2D eigenvalue weighted by atomic mass is 32.2. The first kappa shape index (κ1) is 9.40. The molecule has 1 amide bonds. The molecule has 1 heterocycles. The molecule has 1 N–H and O–H groups in total. The number of nitrogens with zero attached hydrogens (tertiary/aromatic N) is 1. The molecule has 12 heavy (non-hydrogen) atoms. The van der Waals surface area contributed by atoms with Gasteiger partial charge in [0.15, 0.2) is 0 Å². The second-order valence-electron chi connectivity index (χ2n) is 2.86. The molecule has 0 radical (unpaired) electrons. The molecule has 0 aromatic rings. The first-order valence-electron chi connectivity index (χ1n) is 4.05. The van der Waals surface area contributed by atoms with Gasteiger partial charge in [-0.2, -0.15) is 5.26 Å². The monoisotopic (exact) mass is 184 g/mol. The van der Waals surface area contributed by atoms with Crippen molar-refractivity contribution in [2.45, 2.75) is 31.1 Å². The van der Waals surface area contributed by atoms with E-state index in [1.54, 1.807) is 18.7 Å². The Morgan fingerprint density at radius 1 is 1.83 bits per heavy atom. The Labute approximate surface area is 76.5 Å². The van der Waals surface area contributed by atoms with Crippen molar-refractivity contribution < 1.29 is 4.79 Å². The minimum atomic E-state index is -0.362. The summed E-state index contributed by atoms with van der Waals surface area (Å²) < 4.78 is 0. The summed E-state index contributed by atoms with van der Waals surface area (Å²) in [6.45, 7) is 1.69. The maximum atomic E-state index is 11.3. The molecule has 1 aliphatic heterocycles. The van der Waals surface area contributed by atoms with Crippen LogP contribution in [-0.4, -0.2) is 23.0 Å². The predicted octanol–water partition coefficient (Wildman–Crippen LogP) is 0.910. The maximum absolute atomic E-state index is 11.3. The van der Waals surface area contributed by atoms with E-state index in [2.05, 4.69) is 5.32 Å². The highest BCUT2D eigenvalue weighted by molar-refractivity contribution is 8.00. The van der Waals surface area contributed by atoms with E-state index in [1.807, 2.05) is 6.07 Å². The summed E-state index contributed by atoms with van der Waals surface area (Å²) in [6.07, 6.45) is 2.07. The van der Waals surface area contributed by atoms with Crippen molar-refractivity contribution in [2.75, 3.05) is 5.75 Å². The molecule has 1 unspecified atom stereocenters. The number of amides is 1. The molecule has 66 valence electrons. The zero-order chi connectivity index (χ0) is 8.97. The normalized spacial score (nSPS) is 24.5. The van der Waals surface area contributed by atoms with Crippen LogP contribution in [0.5, 0.6) is 0 Å². The van der Waals surface area contributed by atoms with E-state index in [9.17, 15) is 4.79 Å². The second-order valence-corrected chi connectivity index (χ2v) is 4.17. The van der Waals surface area contributed by atoms with Gasteiger partial charge in [0.2, 0.25) is 5.91 Å². The van der Waals surface area contributed by atoms with E-state index in [0.717, 1.165) is 18.6 Å². The molecule has 1 saturated heterocycles. The lowest BCUT2D eigenvalue weighted by Crippen LogP contribution is -2.37. The van der Waals surface area contributed by atoms with E-state index >= 15 is 0 Å². The van der Waals surface area contributed by atoms with E-state index < -0.39 is 0 Å². The van der Waals surface area contributed by atoms with Gasteiger partial charge in [-0.1, -0.05) is 0 Å². The van der Waals surface area contributed by atoms with Gasteiger partial charge in [0.25, 0.3) is 0 Å². The van der Waals surface area contributed by atoms with Crippen molar-refractivity contribution in [3.63, 3.8) is 0 Å². The Kier molecular flexibility index (Phi) is 3.42. The molecule has 0 aromatic heterocycles. The van der Waals surface area contributed by atoms with E-state index in [0.29, 0.717) is 0 Å². The van der Waals surface area contributed by atoms with Crippen LogP contribution in [0.15, 0.2) is 0 Å². The summed E-state index contributed by atoms with van der Waals surface area (Å²) >= 11 is 1.68. The number of nitriles is 1. The molecular weight excluding hydrogens is 172 g/mol. The third-order valence-electron chi connectivity index (χ3n) is 1.77. The highest BCUT2D eigenvalue weighted by Crippen LogP contribution is 2.25. The molecule has 1 fully saturated rings. The molecule has 0 saturated carbocycles. The van der Waals surface area contributed by atoms with Gasteiger partial charge in [-0.25, -0.2) is 0 Å². The minimum absolute atomic E-state index is 0.0200. The van der Waals surface area contributed by atoms with Crippen LogP contribution in [0.2, 0.25) is 0 Å². The topological polar surface area (TPSA) is 52.9 Å². The molecule has 0 spiro atoms. The average molecular weight is 184 g/mol. The fourth-order valence-electron chi connectivity index (χ4n) is 1.12. The highest BCUT2D eigenvalue weighted by Gasteiger charge is 2.23. The van der Waals surface area contributed by atoms with Crippen LogP contribution < -0.4 is 5.32 Å². The summed E-state index contributed by atoms with van der Waals surface area (Å²) in [4.78, 5) is 11.3. The lowest BCUT2D eigenvalue weighted by atomic mass is 10.2. The summed E-state index contributed by atoms with van der Waals surface area (Å²) in [5.41, 5.74) is 0. The molecule has 2 atom stereocenters. The van der Waals surface area contributed by atoms with Gasteiger partial charge in [-0.15, -0.1) is 11.8 Å². The number of carbonyl (C=O) groups is 1. The maximum Gasteiger partial charge on any atom is 0.234 e.